The lowest BCUT2D eigenvalue weighted by atomic mass is 9.87. The average Bonchev–Trinajstić information content (AvgIpc) is 2.89. The third-order valence-corrected chi connectivity index (χ3v) is 8.52. The zero-order chi connectivity index (χ0) is 27.3. The van der Waals surface area contributed by atoms with Gasteiger partial charge in [0.05, 0.1) is 5.75 Å². The van der Waals surface area contributed by atoms with Crippen LogP contribution in [0.1, 0.15) is 71.9 Å². The van der Waals surface area contributed by atoms with Crippen LogP contribution in [0.2, 0.25) is 0 Å². The fourth-order valence-electron chi connectivity index (χ4n) is 4.40. The number of nitrogens with one attached hydrogen (secondary N) is 2. The molecule has 0 spiro atoms. The number of hydrogen-bond donors (Lipinski definition) is 2. The highest BCUT2D eigenvalue weighted by Crippen LogP contribution is 2.23. The van der Waals surface area contributed by atoms with Crippen molar-refractivity contribution in [2.45, 2.75) is 51.2 Å². The standard InChI is InChI=1S/C30H35N3O4S/c1-30(2,3)25-16-14-24(15-17-25)29(35)32-27-9-7-8-26(20-27)31-28(34)23-12-10-22(11-13-23)21-38(36,37)33-18-5-4-6-19-33/h7-17,20H,4-6,18-19,21H2,1-3H3,(H,31,34)(H,32,35). The van der Waals surface area contributed by atoms with Gasteiger partial charge in [0.2, 0.25) is 10.0 Å². The maximum Gasteiger partial charge on any atom is 0.255 e. The van der Waals surface area contributed by atoms with Gasteiger partial charge in [0, 0.05) is 35.6 Å². The number of nitrogens with zero attached hydrogens (tertiary/aromatic N) is 1. The molecule has 8 heteroatoms. The van der Waals surface area contributed by atoms with Crippen LogP contribution in [0.15, 0.2) is 72.8 Å². The Morgan fingerprint density at radius 2 is 1.26 bits per heavy atom. The van der Waals surface area contributed by atoms with E-state index >= 15 is 0 Å². The quantitative estimate of drug-likeness (QED) is 0.401. The highest BCUT2D eigenvalue weighted by Gasteiger charge is 2.24. The third-order valence-electron chi connectivity index (χ3n) is 6.67. The van der Waals surface area contributed by atoms with Gasteiger partial charge in [0.1, 0.15) is 0 Å². The number of rotatable bonds is 7. The molecule has 7 nitrogen and oxygen atoms in total. The van der Waals surface area contributed by atoms with E-state index < -0.39 is 10.0 Å². The molecule has 0 radical (unpaired) electrons. The summed E-state index contributed by atoms with van der Waals surface area (Å²) >= 11 is 0. The summed E-state index contributed by atoms with van der Waals surface area (Å²) in [6.45, 7) is 7.52. The maximum atomic E-state index is 12.8. The summed E-state index contributed by atoms with van der Waals surface area (Å²) in [5.41, 5.74) is 3.86. The summed E-state index contributed by atoms with van der Waals surface area (Å²) in [4.78, 5) is 25.5. The van der Waals surface area contributed by atoms with Gasteiger partial charge in [0.15, 0.2) is 0 Å². The molecule has 1 fully saturated rings. The first-order chi connectivity index (χ1) is 18.0. The molecule has 1 heterocycles. The zero-order valence-electron chi connectivity index (χ0n) is 22.2. The lowest BCUT2D eigenvalue weighted by Crippen LogP contribution is -2.36. The van der Waals surface area contributed by atoms with E-state index in [-0.39, 0.29) is 23.0 Å². The molecule has 1 aliphatic rings. The Morgan fingerprint density at radius 1 is 0.763 bits per heavy atom. The molecule has 2 amide bonds. The predicted molar refractivity (Wildman–Crippen MR) is 152 cm³/mol. The van der Waals surface area contributed by atoms with Crippen molar-refractivity contribution in [3.63, 3.8) is 0 Å². The van der Waals surface area contributed by atoms with Crippen LogP contribution < -0.4 is 10.6 Å². The fourth-order valence-corrected chi connectivity index (χ4v) is 6.01. The van der Waals surface area contributed by atoms with Crippen molar-refractivity contribution in [3.05, 3.63) is 95.1 Å². The maximum absolute atomic E-state index is 12.8. The molecule has 200 valence electrons. The number of carbonyl (C=O) groups is 2. The van der Waals surface area contributed by atoms with Crippen molar-refractivity contribution in [1.82, 2.24) is 4.31 Å². The van der Waals surface area contributed by atoms with Crippen LogP contribution in [0.5, 0.6) is 0 Å². The van der Waals surface area contributed by atoms with Crippen LogP contribution in [0.25, 0.3) is 0 Å². The van der Waals surface area contributed by atoms with Crippen LogP contribution in [-0.4, -0.2) is 37.6 Å². The number of anilines is 2. The molecule has 1 aliphatic heterocycles. The van der Waals surface area contributed by atoms with Gasteiger partial charge in [-0.1, -0.05) is 57.5 Å². The van der Waals surface area contributed by atoms with E-state index in [4.69, 9.17) is 0 Å². The van der Waals surface area contributed by atoms with Crippen molar-refractivity contribution in [2.24, 2.45) is 0 Å². The van der Waals surface area contributed by atoms with Gasteiger partial charge in [-0.2, -0.15) is 0 Å². The van der Waals surface area contributed by atoms with Crippen LogP contribution in [-0.2, 0) is 21.2 Å². The van der Waals surface area contributed by atoms with Gasteiger partial charge in [-0.3, -0.25) is 9.59 Å². The Hall–Kier alpha value is -3.49. The smallest absolute Gasteiger partial charge is 0.255 e. The largest absolute Gasteiger partial charge is 0.322 e. The molecule has 1 saturated heterocycles. The summed E-state index contributed by atoms with van der Waals surface area (Å²) in [5, 5.41) is 5.71. The number of benzene rings is 3. The Kier molecular flexibility index (Phi) is 8.33. The highest BCUT2D eigenvalue weighted by atomic mass is 32.2. The van der Waals surface area contributed by atoms with Crippen LogP contribution >= 0.6 is 0 Å². The summed E-state index contributed by atoms with van der Waals surface area (Å²) in [7, 11) is -3.36. The Morgan fingerprint density at radius 3 is 1.76 bits per heavy atom. The second-order valence-electron chi connectivity index (χ2n) is 10.7. The second kappa shape index (κ2) is 11.5. The molecule has 3 aromatic carbocycles. The minimum Gasteiger partial charge on any atom is -0.322 e. The van der Waals surface area contributed by atoms with E-state index in [2.05, 4.69) is 31.4 Å². The lowest BCUT2D eigenvalue weighted by Gasteiger charge is -2.25. The predicted octanol–water partition coefficient (Wildman–Crippen LogP) is 5.80. The molecule has 0 aliphatic carbocycles. The van der Waals surface area contributed by atoms with E-state index in [1.807, 2.05) is 24.3 Å². The first-order valence-corrected chi connectivity index (χ1v) is 14.5. The molecule has 3 aromatic rings. The average molecular weight is 534 g/mol. The molecule has 2 N–H and O–H groups in total. The zero-order valence-corrected chi connectivity index (χ0v) is 23.0. The molecular weight excluding hydrogens is 498 g/mol. The SMILES string of the molecule is CC(C)(C)c1ccc(C(=O)Nc2cccc(NC(=O)c3ccc(CS(=O)(=O)N4CCCCC4)cc3)c2)cc1. The minimum absolute atomic E-state index is 0.00659. The summed E-state index contributed by atoms with van der Waals surface area (Å²) in [5.74, 6) is -0.629. The monoisotopic (exact) mass is 533 g/mol. The number of carbonyl (C=O) groups excluding carboxylic acids is 2. The van der Waals surface area contributed by atoms with E-state index in [0.29, 0.717) is 41.2 Å². The molecular formula is C30H35N3O4S. The first-order valence-electron chi connectivity index (χ1n) is 12.9. The van der Waals surface area contributed by atoms with Crippen molar-refractivity contribution in [1.29, 1.82) is 0 Å². The van der Waals surface area contributed by atoms with E-state index in [1.165, 1.54) is 0 Å². The van der Waals surface area contributed by atoms with E-state index in [1.54, 1.807) is 52.8 Å². The lowest BCUT2D eigenvalue weighted by molar-refractivity contribution is 0.101. The molecule has 0 aromatic heterocycles. The first kappa shape index (κ1) is 27.5. The van der Waals surface area contributed by atoms with Crippen molar-refractivity contribution in [2.75, 3.05) is 23.7 Å². The van der Waals surface area contributed by atoms with Crippen molar-refractivity contribution >= 4 is 33.2 Å². The van der Waals surface area contributed by atoms with Gasteiger partial charge < -0.3 is 10.6 Å². The van der Waals surface area contributed by atoms with Crippen LogP contribution in [0.4, 0.5) is 11.4 Å². The van der Waals surface area contributed by atoms with Gasteiger partial charge in [-0.05, 0) is 71.8 Å². The van der Waals surface area contributed by atoms with Gasteiger partial charge in [-0.25, -0.2) is 12.7 Å². The summed E-state index contributed by atoms with van der Waals surface area (Å²) in [6.07, 6.45) is 2.86. The van der Waals surface area contributed by atoms with E-state index in [0.717, 1.165) is 24.8 Å². The molecule has 38 heavy (non-hydrogen) atoms. The topological polar surface area (TPSA) is 95.6 Å². The Balaban J connectivity index is 1.36. The second-order valence-corrected chi connectivity index (χ2v) is 12.7. The third kappa shape index (κ3) is 7.08. The number of amides is 2. The van der Waals surface area contributed by atoms with Gasteiger partial charge in [-0.15, -0.1) is 0 Å². The molecule has 0 atom stereocenters. The van der Waals surface area contributed by atoms with Gasteiger partial charge >= 0.3 is 0 Å². The van der Waals surface area contributed by atoms with Crippen LogP contribution in [0, 0.1) is 0 Å². The van der Waals surface area contributed by atoms with E-state index in [9.17, 15) is 18.0 Å². The molecule has 0 unspecified atom stereocenters. The fraction of sp³-hybridized carbons (Fsp3) is 0.333. The summed E-state index contributed by atoms with van der Waals surface area (Å²) < 4.78 is 26.9. The van der Waals surface area contributed by atoms with Crippen molar-refractivity contribution < 1.29 is 18.0 Å². The Labute approximate surface area is 225 Å². The Bertz CT molecular complexity index is 1390. The van der Waals surface area contributed by atoms with Crippen LogP contribution in [0.3, 0.4) is 0 Å². The number of sulfonamides is 1. The normalized spacial score (nSPS) is 14.6. The number of hydrogen-bond acceptors (Lipinski definition) is 4. The minimum atomic E-state index is -3.36. The van der Waals surface area contributed by atoms with Gasteiger partial charge in [0.25, 0.3) is 11.8 Å². The number of piperidine rings is 1. The molecule has 0 bridgehead atoms. The summed E-state index contributed by atoms with van der Waals surface area (Å²) in [6, 6.07) is 21.1. The molecule has 4 rings (SSSR count). The molecule has 0 saturated carbocycles. The van der Waals surface area contributed by atoms with Crippen molar-refractivity contribution in [3.8, 4) is 0 Å². The highest BCUT2D eigenvalue weighted by molar-refractivity contribution is 7.88.